The SMILES string of the molecule is O=C(O)c1cnc2c(N3CCOCC3)cccc2c1N1CCN(c2ccccc2)CC1. The van der Waals surface area contributed by atoms with Crippen LogP contribution < -0.4 is 14.7 Å². The van der Waals surface area contributed by atoms with Gasteiger partial charge in [0.15, 0.2) is 0 Å². The molecule has 2 aliphatic rings. The second-order valence-electron chi connectivity index (χ2n) is 7.91. The Kier molecular flexibility index (Phi) is 5.34. The monoisotopic (exact) mass is 418 g/mol. The number of carboxylic acid groups (broad SMARTS) is 1. The van der Waals surface area contributed by atoms with E-state index in [2.05, 4.69) is 37.9 Å². The Morgan fingerprint density at radius 1 is 0.839 bits per heavy atom. The molecule has 7 nitrogen and oxygen atoms in total. The largest absolute Gasteiger partial charge is 0.478 e. The van der Waals surface area contributed by atoms with Crippen LogP contribution in [-0.2, 0) is 4.74 Å². The van der Waals surface area contributed by atoms with Gasteiger partial charge in [-0.05, 0) is 18.2 Å². The Morgan fingerprint density at radius 2 is 1.55 bits per heavy atom. The fourth-order valence-electron chi connectivity index (χ4n) is 4.58. The van der Waals surface area contributed by atoms with Crippen molar-refractivity contribution in [1.29, 1.82) is 0 Å². The van der Waals surface area contributed by atoms with E-state index >= 15 is 0 Å². The average Bonchev–Trinajstić information content (AvgIpc) is 2.84. The van der Waals surface area contributed by atoms with E-state index in [0.29, 0.717) is 13.2 Å². The number of nitrogens with zero attached hydrogens (tertiary/aromatic N) is 4. The number of hydrogen-bond acceptors (Lipinski definition) is 6. The van der Waals surface area contributed by atoms with Crippen LogP contribution in [0.15, 0.2) is 54.7 Å². The van der Waals surface area contributed by atoms with E-state index < -0.39 is 5.97 Å². The Bertz CT molecular complexity index is 1070. The van der Waals surface area contributed by atoms with Crippen LogP contribution in [0.1, 0.15) is 10.4 Å². The normalized spacial score (nSPS) is 17.2. The zero-order valence-corrected chi connectivity index (χ0v) is 17.4. The molecule has 0 amide bonds. The molecule has 0 unspecified atom stereocenters. The number of ether oxygens (including phenoxy) is 1. The van der Waals surface area contributed by atoms with Gasteiger partial charge in [0.25, 0.3) is 0 Å². The number of rotatable bonds is 4. The lowest BCUT2D eigenvalue weighted by Crippen LogP contribution is -2.47. The van der Waals surface area contributed by atoms with Gasteiger partial charge in [0.2, 0.25) is 0 Å². The van der Waals surface area contributed by atoms with Crippen molar-refractivity contribution in [3.05, 3.63) is 60.3 Å². The maximum absolute atomic E-state index is 12.1. The van der Waals surface area contributed by atoms with Crippen LogP contribution in [-0.4, -0.2) is 68.5 Å². The van der Waals surface area contributed by atoms with E-state index in [0.717, 1.165) is 61.5 Å². The first kappa shape index (κ1) is 19.6. The van der Waals surface area contributed by atoms with Crippen LogP contribution in [0.4, 0.5) is 17.1 Å². The van der Waals surface area contributed by atoms with Crippen LogP contribution in [0.25, 0.3) is 10.9 Å². The second-order valence-corrected chi connectivity index (χ2v) is 7.91. The van der Waals surface area contributed by atoms with Crippen LogP contribution in [0.5, 0.6) is 0 Å². The van der Waals surface area contributed by atoms with Crippen molar-refractivity contribution in [1.82, 2.24) is 4.98 Å². The van der Waals surface area contributed by atoms with Gasteiger partial charge in [-0.3, -0.25) is 4.98 Å². The molecule has 1 N–H and O–H groups in total. The molecule has 31 heavy (non-hydrogen) atoms. The Labute approximate surface area is 181 Å². The highest BCUT2D eigenvalue weighted by Crippen LogP contribution is 2.35. The molecule has 0 saturated carbocycles. The lowest BCUT2D eigenvalue weighted by atomic mass is 10.0. The number of piperazine rings is 1. The maximum Gasteiger partial charge on any atom is 0.339 e. The third-order valence-electron chi connectivity index (χ3n) is 6.15. The smallest absolute Gasteiger partial charge is 0.339 e. The average molecular weight is 418 g/mol. The van der Waals surface area contributed by atoms with E-state index in [-0.39, 0.29) is 5.56 Å². The highest BCUT2D eigenvalue weighted by atomic mass is 16.5. The first-order chi connectivity index (χ1) is 15.2. The van der Waals surface area contributed by atoms with E-state index in [1.54, 1.807) is 0 Å². The van der Waals surface area contributed by atoms with Crippen molar-refractivity contribution < 1.29 is 14.6 Å². The summed E-state index contributed by atoms with van der Waals surface area (Å²) in [4.78, 5) is 23.5. The number of hydrogen-bond donors (Lipinski definition) is 1. The number of carbonyl (C=O) groups is 1. The lowest BCUT2D eigenvalue weighted by Gasteiger charge is -2.38. The number of anilines is 3. The molecule has 3 heterocycles. The van der Waals surface area contributed by atoms with Gasteiger partial charge in [0, 0.05) is 56.5 Å². The number of carboxylic acids is 1. The second kappa shape index (κ2) is 8.43. The summed E-state index contributed by atoms with van der Waals surface area (Å²) < 4.78 is 5.50. The first-order valence-corrected chi connectivity index (χ1v) is 10.7. The van der Waals surface area contributed by atoms with Gasteiger partial charge in [-0.15, -0.1) is 0 Å². The van der Waals surface area contributed by atoms with Gasteiger partial charge in [-0.2, -0.15) is 0 Å². The summed E-state index contributed by atoms with van der Waals surface area (Å²) in [5.74, 6) is -0.938. The minimum Gasteiger partial charge on any atom is -0.478 e. The summed E-state index contributed by atoms with van der Waals surface area (Å²) in [5, 5.41) is 10.8. The van der Waals surface area contributed by atoms with Crippen molar-refractivity contribution in [2.75, 3.05) is 67.2 Å². The summed E-state index contributed by atoms with van der Waals surface area (Å²) in [6, 6.07) is 16.4. The Balaban J connectivity index is 1.51. The number of fused-ring (bicyclic) bond motifs is 1. The van der Waals surface area contributed by atoms with E-state index in [4.69, 9.17) is 4.74 Å². The van der Waals surface area contributed by atoms with Crippen LogP contribution in [0, 0.1) is 0 Å². The van der Waals surface area contributed by atoms with Gasteiger partial charge >= 0.3 is 5.97 Å². The molecule has 160 valence electrons. The number of para-hydroxylation sites is 2. The molecule has 0 aliphatic carbocycles. The highest BCUT2D eigenvalue weighted by Gasteiger charge is 2.26. The number of aromatic nitrogens is 1. The van der Waals surface area contributed by atoms with Crippen molar-refractivity contribution in [2.24, 2.45) is 0 Å². The maximum atomic E-state index is 12.1. The molecule has 0 atom stereocenters. The fraction of sp³-hybridized carbons (Fsp3) is 0.333. The molecule has 0 bridgehead atoms. The molecule has 5 rings (SSSR count). The molecule has 7 heteroatoms. The molecule has 0 spiro atoms. The molecule has 1 aromatic heterocycles. The number of aromatic carboxylic acids is 1. The van der Waals surface area contributed by atoms with Crippen LogP contribution >= 0.6 is 0 Å². The lowest BCUT2D eigenvalue weighted by molar-refractivity contribution is 0.0697. The quantitative estimate of drug-likeness (QED) is 0.698. The van der Waals surface area contributed by atoms with Crippen LogP contribution in [0.2, 0.25) is 0 Å². The molecule has 2 aliphatic heterocycles. The number of morpholine rings is 1. The van der Waals surface area contributed by atoms with Gasteiger partial charge in [0.1, 0.15) is 5.56 Å². The summed E-state index contributed by atoms with van der Waals surface area (Å²) in [5.41, 5.74) is 4.15. The molecule has 0 radical (unpaired) electrons. The molecule has 2 aromatic carbocycles. The van der Waals surface area contributed by atoms with Crippen molar-refractivity contribution >= 4 is 33.9 Å². The Morgan fingerprint density at radius 3 is 2.26 bits per heavy atom. The van der Waals surface area contributed by atoms with Gasteiger partial charge in [-0.25, -0.2) is 4.79 Å². The summed E-state index contributed by atoms with van der Waals surface area (Å²) in [7, 11) is 0. The van der Waals surface area contributed by atoms with E-state index in [1.165, 1.54) is 11.9 Å². The zero-order valence-electron chi connectivity index (χ0n) is 17.4. The first-order valence-electron chi connectivity index (χ1n) is 10.7. The predicted molar refractivity (Wildman–Crippen MR) is 123 cm³/mol. The van der Waals surface area contributed by atoms with Crippen molar-refractivity contribution in [3.63, 3.8) is 0 Å². The standard InChI is InChI=1S/C24H26N4O3/c29-24(30)20-17-25-22-19(7-4-8-21(22)27-13-15-31-16-14-27)23(20)28-11-9-26(10-12-28)18-5-2-1-3-6-18/h1-8,17H,9-16H2,(H,29,30). The third kappa shape index (κ3) is 3.77. The summed E-state index contributed by atoms with van der Waals surface area (Å²) in [6.07, 6.45) is 1.52. The fourth-order valence-corrected chi connectivity index (χ4v) is 4.58. The van der Waals surface area contributed by atoms with E-state index in [9.17, 15) is 9.90 Å². The van der Waals surface area contributed by atoms with E-state index in [1.807, 2.05) is 30.3 Å². The summed E-state index contributed by atoms with van der Waals surface area (Å²) in [6.45, 7) is 6.22. The van der Waals surface area contributed by atoms with Crippen LogP contribution in [0.3, 0.4) is 0 Å². The number of pyridine rings is 1. The highest BCUT2D eigenvalue weighted by molar-refractivity contribution is 6.07. The molecular formula is C24H26N4O3. The van der Waals surface area contributed by atoms with Gasteiger partial charge in [-0.1, -0.05) is 30.3 Å². The van der Waals surface area contributed by atoms with Crippen molar-refractivity contribution in [3.8, 4) is 0 Å². The predicted octanol–water partition coefficient (Wildman–Crippen LogP) is 3.10. The van der Waals surface area contributed by atoms with Gasteiger partial charge in [0.05, 0.1) is 30.1 Å². The molecular weight excluding hydrogens is 392 g/mol. The number of benzene rings is 2. The van der Waals surface area contributed by atoms with Crippen molar-refractivity contribution in [2.45, 2.75) is 0 Å². The molecule has 2 saturated heterocycles. The zero-order chi connectivity index (χ0) is 21.2. The topological polar surface area (TPSA) is 69.1 Å². The minimum atomic E-state index is -0.938. The third-order valence-corrected chi connectivity index (χ3v) is 6.15. The Hall–Kier alpha value is -3.32. The molecule has 3 aromatic rings. The minimum absolute atomic E-state index is 0.264. The molecule has 2 fully saturated rings. The summed E-state index contributed by atoms with van der Waals surface area (Å²) >= 11 is 0. The van der Waals surface area contributed by atoms with Gasteiger partial charge < -0.3 is 24.5 Å².